The standard InChI is InChI=1S/C12H22N2OS/c1-12(2,3)11(15)5-6-14(4)7-10-8-16-9-13-10/h8-9,11,15H,5-7H2,1-4H3. The number of aliphatic hydroxyl groups is 1. The van der Waals surface area contributed by atoms with E-state index in [0.29, 0.717) is 0 Å². The molecule has 0 saturated heterocycles. The fourth-order valence-corrected chi connectivity index (χ4v) is 2.00. The largest absolute Gasteiger partial charge is 0.393 e. The van der Waals surface area contributed by atoms with E-state index in [4.69, 9.17) is 0 Å². The minimum atomic E-state index is -0.245. The van der Waals surface area contributed by atoms with Crippen LogP contribution in [0, 0.1) is 5.41 Å². The van der Waals surface area contributed by atoms with Gasteiger partial charge in [-0.25, -0.2) is 4.98 Å². The van der Waals surface area contributed by atoms with Crippen LogP contribution in [0.3, 0.4) is 0 Å². The Hall–Kier alpha value is -0.450. The minimum Gasteiger partial charge on any atom is -0.393 e. The Balaban J connectivity index is 2.28. The molecule has 0 aliphatic carbocycles. The lowest BCUT2D eigenvalue weighted by Crippen LogP contribution is -2.31. The molecule has 0 spiro atoms. The number of nitrogens with zero attached hydrogens (tertiary/aromatic N) is 2. The summed E-state index contributed by atoms with van der Waals surface area (Å²) in [4.78, 5) is 6.44. The van der Waals surface area contributed by atoms with Gasteiger partial charge in [0.15, 0.2) is 0 Å². The van der Waals surface area contributed by atoms with Gasteiger partial charge in [-0.2, -0.15) is 0 Å². The third-order valence-corrected chi connectivity index (χ3v) is 3.33. The van der Waals surface area contributed by atoms with Gasteiger partial charge < -0.3 is 10.0 Å². The number of aliphatic hydroxyl groups excluding tert-OH is 1. The van der Waals surface area contributed by atoms with Crippen LogP contribution in [0.5, 0.6) is 0 Å². The molecule has 0 bridgehead atoms. The van der Waals surface area contributed by atoms with E-state index in [9.17, 15) is 5.11 Å². The summed E-state index contributed by atoms with van der Waals surface area (Å²) < 4.78 is 0. The molecule has 1 heterocycles. The Bertz CT molecular complexity index is 292. The fraction of sp³-hybridized carbons (Fsp3) is 0.750. The van der Waals surface area contributed by atoms with Crippen molar-refractivity contribution in [1.82, 2.24) is 9.88 Å². The minimum absolute atomic E-state index is 0.0263. The highest BCUT2D eigenvalue weighted by Crippen LogP contribution is 2.21. The maximum Gasteiger partial charge on any atom is 0.0795 e. The monoisotopic (exact) mass is 242 g/mol. The van der Waals surface area contributed by atoms with Crippen molar-refractivity contribution in [2.24, 2.45) is 5.41 Å². The van der Waals surface area contributed by atoms with Crippen LogP contribution in [0.1, 0.15) is 32.9 Å². The van der Waals surface area contributed by atoms with Gasteiger partial charge in [-0.15, -0.1) is 11.3 Å². The lowest BCUT2D eigenvalue weighted by molar-refractivity contribution is 0.0472. The van der Waals surface area contributed by atoms with Gasteiger partial charge in [-0.3, -0.25) is 0 Å². The normalized spacial score (nSPS) is 14.4. The van der Waals surface area contributed by atoms with E-state index in [1.165, 1.54) is 0 Å². The van der Waals surface area contributed by atoms with Gasteiger partial charge in [-0.1, -0.05) is 20.8 Å². The second kappa shape index (κ2) is 5.75. The molecule has 0 saturated carbocycles. The summed E-state index contributed by atoms with van der Waals surface area (Å²) in [5.41, 5.74) is 2.94. The lowest BCUT2D eigenvalue weighted by atomic mass is 9.87. The van der Waals surface area contributed by atoms with Gasteiger partial charge in [0.25, 0.3) is 0 Å². The smallest absolute Gasteiger partial charge is 0.0795 e. The Morgan fingerprint density at radius 3 is 2.69 bits per heavy atom. The van der Waals surface area contributed by atoms with Gasteiger partial charge in [0.2, 0.25) is 0 Å². The number of hydrogen-bond acceptors (Lipinski definition) is 4. The molecule has 0 aliphatic heterocycles. The molecule has 1 atom stereocenters. The van der Waals surface area contributed by atoms with E-state index < -0.39 is 0 Å². The Kier molecular flexibility index (Phi) is 4.89. The van der Waals surface area contributed by atoms with E-state index in [0.717, 1.165) is 25.2 Å². The van der Waals surface area contributed by atoms with Crippen molar-refractivity contribution >= 4 is 11.3 Å². The van der Waals surface area contributed by atoms with Crippen molar-refractivity contribution in [3.63, 3.8) is 0 Å². The lowest BCUT2D eigenvalue weighted by Gasteiger charge is -2.27. The highest BCUT2D eigenvalue weighted by molar-refractivity contribution is 7.07. The summed E-state index contributed by atoms with van der Waals surface area (Å²) in [6, 6.07) is 0. The van der Waals surface area contributed by atoms with Gasteiger partial charge in [-0.05, 0) is 18.9 Å². The van der Waals surface area contributed by atoms with Crippen LogP contribution >= 0.6 is 11.3 Å². The summed E-state index contributed by atoms with van der Waals surface area (Å²) in [5.74, 6) is 0. The summed E-state index contributed by atoms with van der Waals surface area (Å²) in [6.45, 7) is 7.96. The van der Waals surface area contributed by atoms with Crippen LogP contribution in [0.2, 0.25) is 0 Å². The molecule has 0 aliphatic rings. The van der Waals surface area contributed by atoms with Crippen LogP contribution in [0.25, 0.3) is 0 Å². The molecule has 1 rings (SSSR count). The zero-order chi connectivity index (χ0) is 12.2. The van der Waals surface area contributed by atoms with Gasteiger partial charge in [0, 0.05) is 18.5 Å². The molecule has 92 valence electrons. The summed E-state index contributed by atoms with van der Waals surface area (Å²) in [5, 5.41) is 12.0. The van der Waals surface area contributed by atoms with Crippen LogP contribution in [-0.4, -0.2) is 34.7 Å². The first-order valence-electron chi connectivity index (χ1n) is 5.63. The zero-order valence-corrected chi connectivity index (χ0v) is 11.4. The first-order valence-corrected chi connectivity index (χ1v) is 6.57. The highest BCUT2D eigenvalue weighted by Gasteiger charge is 2.21. The molecule has 0 radical (unpaired) electrons. The molecule has 3 nitrogen and oxygen atoms in total. The van der Waals surface area contributed by atoms with Crippen molar-refractivity contribution < 1.29 is 5.11 Å². The molecule has 16 heavy (non-hydrogen) atoms. The maximum atomic E-state index is 9.92. The average Bonchev–Trinajstić information content (AvgIpc) is 2.65. The molecule has 1 aromatic rings. The van der Waals surface area contributed by atoms with Crippen LogP contribution in [0.4, 0.5) is 0 Å². The Labute approximate surface area is 102 Å². The number of hydrogen-bond donors (Lipinski definition) is 1. The van der Waals surface area contributed by atoms with Crippen molar-refractivity contribution in [3.8, 4) is 0 Å². The van der Waals surface area contributed by atoms with Crippen LogP contribution < -0.4 is 0 Å². The SMILES string of the molecule is CN(CCC(O)C(C)(C)C)Cc1cscn1. The van der Waals surface area contributed by atoms with E-state index in [-0.39, 0.29) is 11.5 Å². The van der Waals surface area contributed by atoms with Gasteiger partial charge in [0.05, 0.1) is 17.3 Å². The van der Waals surface area contributed by atoms with Gasteiger partial charge in [0.1, 0.15) is 0 Å². The van der Waals surface area contributed by atoms with Crippen LogP contribution in [-0.2, 0) is 6.54 Å². The predicted molar refractivity (Wildman–Crippen MR) is 68.5 cm³/mol. The quantitative estimate of drug-likeness (QED) is 0.861. The average molecular weight is 242 g/mol. The van der Waals surface area contributed by atoms with Crippen LogP contribution in [0.15, 0.2) is 10.9 Å². The summed E-state index contributed by atoms with van der Waals surface area (Å²) in [7, 11) is 2.06. The molecule has 1 unspecified atom stereocenters. The van der Waals surface area contributed by atoms with E-state index >= 15 is 0 Å². The Morgan fingerprint density at radius 2 is 2.19 bits per heavy atom. The number of thiazole rings is 1. The second-order valence-corrected chi connectivity index (χ2v) is 6.11. The second-order valence-electron chi connectivity index (χ2n) is 5.39. The first kappa shape index (κ1) is 13.6. The van der Waals surface area contributed by atoms with E-state index in [2.05, 4.69) is 43.1 Å². The third-order valence-electron chi connectivity index (χ3n) is 2.70. The maximum absolute atomic E-state index is 9.92. The molecule has 0 amide bonds. The summed E-state index contributed by atoms with van der Waals surface area (Å²) >= 11 is 1.62. The molecular weight excluding hydrogens is 220 g/mol. The molecular formula is C12H22N2OS. The van der Waals surface area contributed by atoms with Crippen molar-refractivity contribution in [3.05, 3.63) is 16.6 Å². The third kappa shape index (κ3) is 4.60. The summed E-state index contributed by atoms with van der Waals surface area (Å²) in [6.07, 6.45) is 0.565. The van der Waals surface area contributed by atoms with Crippen molar-refractivity contribution in [2.45, 2.75) is 39.8 Å². The number of rotatable bonds is 5. The Morgan fingerprint density at radius 1 is 1.50 bits per heavy atom. The topological polar surface area (TPSA) is 36.4 Å². The van der Waals surface area contributed by atoms with E-state index in [1.807, 2.05) is 5.51 Å². The van der Waals surface area contributed by atoms with Crippen molar-refractivity contribution in [1.29, 1.82) is 0 Å². The fourth-order valence-electron chi connectivity index (χ4n) is 1.45. The van der Waals surface area contributed by atoms with Crippen molar-refractivity contribution in [2.75, 3.05) is 13.6 Å². The zero-order valence-electron chi connectivity index (χ0n) is 10.6. The molecule has 0 aromatic carbocycles. The predicted octanol–water partition coefficient (Wildman–Crippen LogP) is 2.37. The highest BCUT2D eigenvalue weighted by atomic mass is 32.1. The molecule has 4 heteroatoms. The van der Waals surface area contributed by atoms with E-state index in [1.54, 1.807) is 11.3 Å². The molecule has 1 N–H and O–H groups in total. The first-order chi connectivity index (χ1) is 7.39. The number of aromatic nitrogens is 1. The van der Waals surface area contributed by atoms with Gasteiger partial charge >= 0.3 is 0 Å². The molecule has 0 fully saturated rings. The molecule has 1 aromatic heterocycles.